The van der Waals surface area contributed by atoms with Gasteiger partial charge in [-0.05, 0) is 26.0 Å². The first kappa shape index (κ1) is 14.6. The van der Waals surface area contributed by atoms with E-state index in [2.05, 4.69) is 4.98 Å². The molecular weight excluding hydrogens is 246 g/mol. The molecule has 0 aliphatic carbocycles. The van der Waals surface area contributed by atoms with E-state index in [1.54, 1.807) is 6.92 Å². The molecule has 0 saturated carbocycles. The van der Waals surface area contributed by atoms with Gasteiger partial charge < -0.3 is 10.0 Å². The Morgan fingerprint density at radius 1 is 1.47 bits per heavy atom. The van der Waals surface area contributed by atoms with E-state index < -0.39 is 5.97 Å². The largest absolute Gasteiger partial charge is 0.478 e. The van der Waals surface area contributed by atoms with Crippen LogP contribution in [-0.4, -0.2) is 40.0 Å². The third-order valence-electron chi connectivity index (χ3n) is 2.70. The van der Waals surface area contributed by atoms with Gasteiger partial charge in [-0.3, -0.25) is 4.79 Å². The number of amides is 1. The van der Waals surface area contributed by atoms with E-state index in [0.29, 0.717) is 18.8 Å². The van der Waals surface area contributed by atoms with Gasteiger partial charge >= 0.3 is 5.97 Å². The maximum absolute atomic E-state index is 12.1. The number of aromatic carboxylic acids is 1. The Balaban J connectivity index is 2.97. The monoisotopic (exact) mass is 261 g/mol. The average molecular weight is 261 g/mol. The number of nitrogens with zero attached hydrogens (tertiary/aromatic N) is 3. The van der Waals surface area contributed by atoms with Gasteiger partial charge in [-0.25, -0.2) is 9.78 Å². The van der Waals surface area contributed by atoms with Gasteiger partial charge in [0.1, 0.15) is 5.69 Å². The molecule has 1 rings (SSSR count). The quantitative estimate of drug-likeness (QED) is 0.865. The molecule has 6 nitrogen and oxygen atoms in total. The molecule has 0 saturated heterocycles. The summed E-state index contributed by atoms with van der Waals surface area (Å²) in [4.78, 5) is 28.5. The molecule has 100 valence electrons. The lowest BCUT2D eigenvalue weighted by Gasteiger charge is -2.19. The highest BCUT2D eigenvalue weighted by Gasteiger charge is 2.17. The van der Waals surface area contributed by atoms with Crippen molar-refractivity contribution in [1.82, 2.24) is 9.88 Å². The van der Waals surface area contributed by atoms with E-state index in [0.717, 1.165) is 0 Å². The lowest BCUT2D eigenvalue weighted by molar-refractivity contribution is 0.0692. The van der Waals surface area contributed by atoms with E-state index in [-0.39, 0.29) is 23.6 Å². The Morgan fingerprint density at radius 3 is 2.63 bits per heavy atom. The summed E-state index contributed by atoms with van der Waals surface area (Å²) in [7, 11) is 0. The number of aryl methyl sites for hydroxylation is 1. The highest BCUT2D eigenvalue weighted by Crippen LogP contribution is 2.09. The second-order valence-corrected chi connectivity index (χ2v) is 3.93. The number of nitriles is 1. The predicted molar refractivity (Wildman–Crippen MR) is 67.7 cm³/mol. The van der Waals surface area contributed by atoms with Gasteiger partial charge in [0, 0.05) is 13.1 Å². The van der Waals surface area contributed by atoms with Crippen molar-refractivity contribution in [2.45, 2.75) is 20.3 Å². The maximum Gasteiger partial charge on any atom is 0.337 e. The molecular formula is C13H15N3O3. The molecule has 1 aromatic rings. The minimum Gasteiger partial charge on any atom is -0.478 e. The van der Waals surface area contributed by atoms with Gasteiger partial charge in [-0.15, -0.1) is 0 Å². The molecule has 0 spiro atoms. The highest BCUT2D eigenvalue weighted by atomic mass is 16.4. The fourth-order valence-corrected chi connectivity index (χ4v) is 1.66. The molecule has 0 fully saturated rings. The SMILES string of the molecule is CCN(CCC#N)C(=O)c1ccc(C(=O)O)c(C)n1. The molecule has 19 heavy (non-hydrogen) atoms. The van der Waals surface area contributed by atoms with Crippen LogP contribution in [-0.2, 0) is 0 Å². The molecule has 6 heteroatoms. The minimum absolute atomic E-state index is 0.0802. The Bertz CT molecular complexity index is 534. The van der Waals surface area contributed by atoms with Gasteiger partial charge in [-0.2, -0.15) is 5.26 Å². The zero-order chi connectivity index (χ0) is 14.4. The van der Waals surface area contributed by atoms with Crippen molar-refractivity contribution in [3.63, 3.8) is 0 Å². The maximum atomic E-state index is 12.1. The summed E-state index contributed by atoms with van der Waals surface area (Å²) in [5.41, 5.74) is 0.577. The van der Waals surface area contributed by atoms with Crippen LogP contribution in [0, 0.1) is 18.3 Å². The van der Waals surface area contributed by atoms with Crippen LogP contribution in [0.5, 0.6) is 0 Å². The number of pyridine rings is 1. The lowest BCUT2D eigenvalue weighted by Crippen LogP contribution is -2.32. The van der Waals surface area contributed by atoms with Crippen LogP contribution in [0.3, 0.4) is 0 Å². The van der Waals surface area contributed by atoms with Crippen molar-refractivity contribution in [3.05, 3.63) is 29.1 Å². The van der Waals surface area contributed by atoms with Crippen LogP contribution in [0.15, 0.2) is 12.1 Å². The molecule has 0 bridgehead atoms. The van der Waals surface area contributed by atoms with Crippen molar-refractivity contribution < 1.29 is 14.7 Å². The number of hydrogen-bond donors (Lipinski definition) is 1. The van der Waals surface area contributed by atoms with Gasteiger partial charge in [0.05, 0.1) is 23.7 Å². The Morgan fingerprint density at radius 2 is 2.16 bits per heavy atom. The molecule has 1 heterocycles. The van der Waals surface area contributed by atoms with Crippen LogP contribution in [0.2, 0.25) is 0 Å². The van der Waals surface area contributed by atoms with Crippen LogP contribution in [0.25, 0.3) is 0 Å². The molecule has 0 radical (unpaired) electrons. The van der Waals surface area contributed by atoms with Crippen LogP contribution >= 0.6 is 0 Å². The fourth-order valence-electron chi connectivity index (χ4n) is 1.66. The van der Waals surface area contributed by atoms with Crippen LogP contribution < -0.4 is 0 Å². The molecule has 1 N–H and O–H groups in total. The first-order valence-electron chi connectivity index (χ1n) is 5.88. The molecule has 0 atom stereocenters. The summed E-state index contributed by atoms with van der Waals surface area (Å²) in [6, 6.07) is 4.75. The van der Waals surface area contributed by atoms with Gasteiger partial charge in [0.25, 0.3) is 5.91 Å². The normalized spacial score (nSPS) is 9.74. The lowest BCUT2D eigenvalue weighted by atomic mass is 10.2. The Labute approximate surface area is 111 Å². The molecule has 1 amide bonds. The fraction of sp³-hybridized carbons (Fsp3) is 0.385. The van der Waals surface area contributed by atoms with E-state index in [9.17, 15) is 9.59 Å². The topological polar surface area (TPSA) is 94.3 Å². The minimum atomic E-state index is -1.07. The summed E-state index contributed by atoms with van der Waals surface area (Å²) in [6.07, 6.45) is 0.256. The van der Waals surface area contributed by atoms with Crippen molar-refractivity contribution >= 4 is 11.9 Å². The molecule has 0 aliphatic rings. The smallest absolute Gasteiger partial charge is 0.337 e. The van der Waals surface area contributed by atoms with Crippen molar-refractivity contribution in [1.29, 1.82) is 5.26 Å². The summed E-state index contributed by atoms with van der Waals surface area (Å²) >= 11 is 0. The average Bonchev–Trinajstić information content (AvgIpc) is 2.38. The molecule has 0 unspecified atom stereocenters. The standard InChI is InChI=1S/C13H15N3O3/c1-3-16(8-4-7-14)12(17)11-6-5-10(13(18)19)9(2)15-11/h5-6H,3-4,8H2,1-2H3,(H,18,19). The van der Waals surface area contributed by atoms with Crippen molar-refractivity contribution in [2.24, 2.45) is 0 Å². The van der Waals surface area contributed by atoms with E-state index in [1.807, 2.05) is 13.0 Å². The summed E-state index contributed by atoms with van der Waals surface area (Å²) in [6.45, 7) is 4.18. The number of hydrogen-bond acceptors (Lipinski definition) is 4. The number of rotatable bonds is 5. The van der Waals surface area contributed by atoms with Crippen molar-refractivity contribution in [2.75, 3.05) is 13.1 Å². The first-order valence-corrected chi connectivity index (χ1v) is 5.88. The number of carbonyl (C=O) groups excluding carboxylic acids is 1. The summed E-state index contributed by atoms with van der Waals surface area (Å²) in [5.74, 6) is -1.36. The van der Waals surface area contributed by atoms with Crippen LogP contribution in [0.1, 0.15) is 39.9 Å². The van der Waals surface area contributed by atoms with E-state index in [4.69, 9.17) is 10.4 Å². The van der Waals surface area contributed by atoms with Gasteiger partial charge in [-0.1, -0.05) is 0 Å². The Hall–Kier alpha value is -2.42. The summed E-state index contributed by atoms with van der Waals surface area (Å²) < 4.78 is 0. The zero-order valence-electron chi connectivity index (χ0n) is 10.9. The van der Waals surface area contributed by atoms with Crippen LogP contribution in [0.4, 0.5) is 0 Å². The van der Waals surface area contributed by atoms with Gasteiger partial charge in [0.15, 0.2) is 0 Å². The van der Waals surface area contributed by atoms with E-state index >= 15 is 0 Å². The molecule has 0 aromatic carbocycles. The first-order chi connectivity index (χ1) is 9.01. The number of carboxylic acid groups (broad SMARTS) is 1. The Kier molecular flexibility index (Phi) is 5.01. The molecule has 0 aliphatic heterocycles. The second-order valence-electron chi connectivity index (χ2n) is 3.93. The number of aromatic nitrogens is 1. The third kappa shape index (κ3) is 3.52. The van der Waals surface area contributed by atoms with Crippen molar-refractivity contribution in [3.8, 4) is 6.07 Å². The third-order valence-corrected chi connectivity index (χ3v) is 2.70. The second kappa shape index (κ2) is 6.50. The predicted octanol–water partition coefficient (Wildman–Crippen LogP) is 1.46. The van der Waals surface area contributed by atoms with Gasteiger partial charge in [0.2, 0.25) is 0 Å². The molecule has 1 aromatic heterocycles. The number of carbonyl (C=O) groups is 2. The highest BCUT2D eigenvalue weighted by molar-refractivity contribution is 5.94. The number of carboxylic acids is 1. The van der Waals surface area contributed by atoms with E-state index in [1.165, 1.54) is 17.0 Å². The zero-order valence-corrected chi connectivity index (χ0v) is 10.9. The summed E-state index contributed by atoms with van der Waals surface area (Å²) in [5, 5.41) is 17.4.